The maximum atomic E-state index is 10.4. The third-order valence-electron chi connectivity index (χ3n) is 4.44. The van der Waals surface area contributed by atoms with Crippen LogP contribution in [-0.4, -0.2) is 21.2 Å². The van der Waals surface area contributed by atoms with Gasteiger partial charge in [-0.15, -0.1) is 0 Å². The zero-order chi connectivity index (χ0) is 14.9. The second kappa shape index (κ2) is 6.15. The third kappa shape index (κ3) is 3.25. The Morgan fingerprint density at radius 2 is 2.20 bits per heavy atom. The summed E-state index contributed by atoms with van der Waals surface area (Å²) >= 11 is 2.01. The number of thioether (sulfide) groups is 1. The van der Waals surface area contributed by atoms with Gasteiger partial charge in [-0.3, -0.25) is 0 Å². The molecule has 0 fully saturated rings. The Hall–Kier alpha value is -0.410. The molecule has 0 aliphatic heterocycles. The fraction of sp³-hybridized carbons (Fsp3) is 0.765. The van der Waals surface area contributed by atoms with E-state index in [1.807, 2.05) is 11.8 Å². The average molecular weight is 295 g/mol. The SMILES string of the molecule is CCSCCC(C)n1c(C)cc2c1CC(C)(C)CC2O. The smallest absolute Gasteiger partial charge is 0.0812 e. The molecule has 0 saturated heterocycles. The molecule has 0 amide bonds. The first-order chi connectivity index (χ1) is 9.35. The van der Waals surface area contributed by atoms with Crippen molar-refractivity contribution >= 4 is 11.8 Å². The van der Waals surface area contributed by atoms with Crippen molar-refractivity contribution in [2.45, 2.75) is 66.0 Å². The highest BCUT2D eigenvalue weighted by molar-refractivity contribution is 7.99. The molecule has 2 unspecified atom stereocenters. The summed E-state index contributed by atoms with van der Waals surface area (Å²) in [5.41, 5.74) is 4.06. The van der Waals surface area contributed by atoms with Crippen molar-refractivity contribution in [2.24, 2.45) is 5.41 Å². The lowest BCUT2D eigenvalue weighted by Gasteiger charge is -2.35. The van der Waals surface area contributed by atoms with Gasteiger partial charge in [-0.2, -0.15) is 11.8 Å². The minimum absolute atomic E-state index is 0.201. The van der Waals surface area contributed by atoms with Crippen molar-refractivity contribution in [3.8, 4) is 0 Å². The maximum absolute atomic E-state index is 10.4. The number of fused-ring (bicyclic) bond motifs is 1. The Morgan fingerprint density at radius 3 is 2.85 bits per heavy atom. The van der Waals surface area contributed by atoms with E-state index in [0.29, 0.717) is 6.04 Å². The van der Waals surface area contributed by atoms with Gasteiger partial charge < -0.3 is 9.67 Å². The summed E-state index contributed by atoms with van der Waals surface area (Å²) in [5, 5.41) is 10.4. The third-order valence-corrected chi connectivity index (χ3v) is 5.38. The number of nitrogens with zero attached hydrogens (tertiary/aromatic N) is 1. The van der Waals surface area contributed by atoms with E-state index < -0.39 is 0 Å². The Bertz CT molecular complexity index is 464. The first-order valence-electron chi connectivity index (χ1n) is 7.82. The minimum atomic E-state index is -0.286. The summed E-state index contributed by atoms with van der Waals surface area (Å²) < 4.78 is 2.48. The fourth-order valence-electron chi connectivity index (χ4n) is 3.51. The van der Waals surface area contributed by atoms with Crippen LogP contribution in [-0.2, 0) is 6.42 Å². The molecular weight excluding hydrogens is 266 g/mol. The molecule has 114 valence electrons. The molecular formula is C17H29NOS. The zero-order valence-corrected chi connectivity index (χ0v) is 14.4. The molecule has 1 aromatic rings. The molecule has 0 saturated carbocycles. The highest BCUT2D eigenvalue weighted by Gasteiger charge is 2.34. The summed E-state index contributed by atoms with van der Waals surface area (Å²) in [6.45, 7) is 11.3. The summed E-state index contributed by atoms with van der Waals surface area (Å²) in [7, 11) is 0. The van der Waals surface area contributed by atoms with E-state index in [-0.39, 0.29) is 11.5 Å². The predicted molar refractivity (Wildman–Crippen MR) is 88.6 cm³/mol. The highest BCUT2D eigenvalue weighted by Crippen LogP contribution is 2.43. The molecule has 3 heteroatoms. The lowest BCUT2D eigenvalue weighted by molar-refractivity contribution is 0.0975. The van der Waals surface area contributed by atoms with Gasteiger partial charge in [-0.25, -0.2) is 0 Å². The molecule has 0 radical (unpaired) electrons. The summed E-state index contributed by atoms with van der Waals surface area (Å²) in [6.07, 6.45) is 2.88. The second-order valence-corrected chi connectivity index (χ2v) is 8.35. The van der Waals surface area contributed by atoms with Crippen LogP contribution in [0.4, 0.5) is 0 Å². The number of hydrogen-bond donors (Lipinski definition) is 1. The molecule has 2 atom stereocenters. The molecule has 2 rings (SSSR count). The largest absolute Gasteiger partial charge is 0.388 e. The average Bonchev–Trinajstić information content (AvgIpc) is 2.64. The van der Waals surface area contributed by atoms with Crippen molar-refractivity contribution < 1.29 is 5.11 Å². The predicted octanol–water partition coefficient (Wildman–Crippen LogP) is 4.51. The van der Waals surface area contributed by atoms with Gasteiger partial charge in [0.1, 0.15) is 0 Å². The Balaban J connectivity index is 2.26. The van der Waals surface area contributed by atoms with Gasteiger partial charge in [0, 0.05) is 23.0 Å². The number of hydrogen-bond acceptors (Lipinski definition) is 2. The standard InChI is InChI=1S/C17H29NOS/c1-6-20-8-7-12(2)18-13(3)9-14-15(18)10-17(4,5)11-16(14)19/h9,12,16,19H,6-8,10-11H2,1-5H3. The topological polar surface area (TPSA) is 25.2 Å². The van der Waals surface area contributed by atoms with Crippen molar-refractivity contribution in [3.05, 3.63) is 23.0 Å². The molecule has 1 aliphatic carbocycles. The van der Waals surface area contributed by atoms with Crippen LogP contribution in [0.3, 0.4) is 0 Å². The lowest BCUT2D eigenvalue weighted by atomic mass is 9.75. The van der Waals surface area contributed by atoms with Gasteiger partial charge in [0.05, 0.1) is 6.10 Å². The van der Waals surface area contributed by atoms with Gasteiger partial charge in [0.2, 0.25) is 0 Å². The fourth-order valence-corrected chi connectivity index (χ4v) is 4.30. The van der Waals surface area contributed by atoms with Crippen molar-refractivity contribution in [1.29, 1.82) is 0 Å². The highest BCUT2D eigenvalue weighted by atomic mass is 32.2. The quantitative estimate of drug-likeness (QED) is 0.809. The molecule has 1 N–H and O–H groups in total. The van der Waals surface area contributed by atoms with Gasteiger partial charge in [-0.05, 0) is 56.1 Å². The van der Waals surface area contributed by atoms with Gasteiger partial charge in [-0.1, -0.05) is 20.8 Å². The normalized spacial score (nSPS) is 22.6. The van der Waals surface area contributed by atoms with E-state index in [9.17, 15) is 5.11 Å². The zero-order valence-electron chi connectivity index (χ0n) is 13.6. The van der Waals surface area contributed by atoms with Gasteiger partial charge in [0.25, 0.3) is 0 Å². The van der Waals surface area contributed by atoms with E-state index in [2.05, 4.69) is 45.3 Å². The van der Waals surface area contributed by atoms with E-state index >= 15 is 0 Å². The monoisotopic (exact) mass is 295 g/mol. The number of aryl methyl sites for hydroxylation is 1. The first kappa shape index (κ1) is 16.0. The molecule has 20 heavy (non-hydrogen) atoms. The Morgan fingerprint density at radius 1 is 1.50 bits per heavy atom. The minimum Gasteiger partial charge on any atom is -0.388 e. The maximum Gasteiger partial charge on any atom is 0.0812 e. The number of aromatic nitrogens is 1. The number of rotatable bonds is 5. The van der Waals surface area contributed by atoms with Gasteiger partial charge in [0.15, 0.2) is 0 Å². The van der Waals surface area contributed by atoms with E-state index in [4.69, 9.17) is 0 Å². The summed E-state index contributed by atoms with van der Waals surface area (Å²) in [6, 6.07) is 2.73. The Kier molecular flexibility index (Phi) is 4.91. The number of aliphatic hydroxyl groups excluding tert-OH is 1. The van der Waals surface area contributed by atoms with Crippen LogP contribution in [0.2, 0.25) is 0 Å². The van der Waals surface area contributed by atoms with Crippen molar-refractivity contribution in [2.75, 3.05) is 11.5 Å². The van der Waals surface area contributed by atoms with E-state index in [1.165, 1.54) is 34.9 Å². The molecule has 0 spiro atoms. The van der Waals surface area contributed by atoms with Crippen LogP contribution < -0.4 is 0 Å². The lowest BCUT2D eigenvalue weighted by Crippen LogP contribution is -2.27. The molecule has 1 aromatic heterocycles. The molecule has 1 heterocycles. The van der Waals surface area contributed by atoms with Crippen LogP contribution in [0.1, 0.15) is 69.6 Å². The summed E-state index contributed by atoms with van der Waals surface area (Å²) in [5.74, 6) is 2.41. The first-order valence-corrected chi connectivity index (χ1v) is 8.97. The Labute approximate surface area is 128 Å². The summed E-state index contributed by atoms with van der Waals surface area (Å²) in [4.78, 5) is 0. The number of aliphatic hydroxyl groups is 1. The molecule has 0 bridgehead atoms. The van der Waals surface area contributed by atoms with Crippen molar-refractivity contribution in [1.82, 2.24) is 4.57 Å². The molecule has 1 aliphatic rings. The van der Waals surface area contributed by atoms with Crippen molar-refractivity contribution in [3.63, 3.8) is 0 Å². The van der Waals surface area contributed by atoms with E-state index in [1.54, 1.807) is 0 Å². The van der Waals surface area contributed by atoms with Gasteiger partial charge >= 0.3 is 0 Å². The molecule has 0 aromatic carbocycles. The van der Waals surface area contributed by atoms with Crippen LogP contribution in [0.25, 0.3) is 0 Å². The van der Waals surface area contributed by atoms with Crippen LogP contribution in [0.5, 0.6) is 0 Å². The van der Waals surface area contributed by atoms with Crippen LogP contribution in [0.15, 0.2) is 6.07 Å². The molecule has 2 nitrogen and oxygen atoms in total. The second-order valence-electron chi connectivity index (χ2n) is 6.95. The van der Waals surface area contributed by atoms with E-state index in [0.717, 1.165) is 12.8 Å². The van der Waals surface area contributed by atoms with Crippen LogP contribution in [0, 0.1) is 12.3 Å². The van der Waals surface area contributed by atoms with Crippen LogP contribution >= 0.6 is 11.8 Å².